The molecule has 2 heterocycles. The third-order valence-corrected chi connectivity index (χ3v) is 3.07. The number of rotatable bonds is 1. The Morgan fingerprint density at radius 1 is 1.22 bits per heavy atom. The molecule has 0 saturated carbocycles. The van der Waals surface area contributed by atoms with E-state index in [1.54, 1.807) is 0 Å². The number of halogens is 2. The average molecular weight is 250 g/mol. The van der Waals surface area contributed by atoms with E-state index >= 15 is 0 Å². The zero-order valence-electron chi connectivity index (χ0n) is 9.82. The van der Waals surface area contributed by atoms with Crippen LogP contribution in [0.25, 0.3) is 11.4 Å². The van der Waals surface area contributed by atoms with Crippen molar-refractivity contribution in [1.82, 2.24) is 20.1 Å². The van der Waals surface area contributed by atoms with Crippen LogP contribution in [0.2, 0.25) is 0 Å². The van der Waals surface area contributed by atoms with E-state index in [0.717, 1.165) is 18.4 Å². The summed E-state index contributed by atoms with van der Waals surface area (Å²) in [6.07, 6.45) is 0. The molecular formula is C12H12F2N4. The molecule has 1 aliphatic heterocycles. The van der Waals surface area contributed by atoms with E-state index in [-0.39, 0.29) is 6.04 Å². The molecule has 0 bridgehead atoms. The number of aromatic nitrogens is 3. The van der Waals surface area contributed by atoms with Gasteiger partial charge in [-0.15, -0.1) is 10.2 Å². The van der Waals surface area contributed by atoms with Crippen molar-refractivity contribution in [2.45, 2.75) is 19.5 Å². The smallest absolute Gasteiger partial charge is 0.164 e. The van der Waals surface area contributed by atoms with E-state index in [2.05, 4.69) is 15.5 Å². The van der Waals surface area contributed by atoms with Gasteiger partial charge >= 0.3 is 0 Å². The molecule has 1 aliphatic rings. The molecular weight excluding hydrogens is 238 g/mol. The van der Waals surface area contributed by atoms with Crippen molar-refractivity contribution in [2.75, 3.05) is 6.54 Å². The highest BCUT2D eigenvalue weighted by atomic mass is 19.1. The predicted molar refractivity (Wildman–Crippen MR) is 61.8 cm³/mol. The first-order chi connectivity index (χ1) is 8.65. The molecule has 1 aromatic carbocycles. The number of hydrogen-bond donors (Lipinski definition) is 1. The lowest BCUT2D eigenvalue weighted by atomic mass is 10.2. The third-order valence-electron chi connectivity index (χ3n) is 3.07. The number of hydrogen-bond acceptors (Lipinski definition) is 3. The summed E-state index contributed by atoms with van der Waals surface area (Å²) in [5.41, 5.74) is 0.417. The highest BCUT2D eigenvalue weighted by Gasteiger charge is 2.22. The summed E-state index contributed by atoms with van der Waals surface area (Å²) in [5, 5.41) is 11.4. The van der Waals surface area contributed by atoms with Crippen LogP contribution in [0.3, 0.4) is 0 Å². The first-order valence-corrected chi connectivity index (χ1v) is 5.78. The molecule has 0 radical (unpaired) electrons. The monoisotopic (exact) mass is 250 g/mol. The number of fused-ring (bicyclic) bond motifs is 1. The summed E-state index contributed by atoms with van der Waals surface area (Å²) in [5.74, 6) is 0.0892. The van der Waals surface area contributed by atoms with Crippen molar-refractivity contribution in [3.63, 3.8) is 0 Å². The van der Waals surface area contributed by atoms with Crippen LogP contribution in [0.15, 0.2) is 18.2 Å². The van der Waals surface area contributed by atoms with Crippen LogP contribution in [0.5, 0.6) is 0 Å². The molecule has 94 valence electrons. The molecule has 2 aromatic rings. The summed E-state index contributed by atoms with van der Waals surface area (Å²) in [6.45, 7) is 3.47. The van der Waals surface area contributed by atoms with E-state index in [0.29, 0.717) is 17.9 Å². The molecule has 0 aliphatic carbocycles. The Kier molecular flexibility index (Phi) is 2.59. The van der Waals surface area contributed by atoms with Crippen molar-refractivity contribution >= 4 is 0 Å². The van der Waals surface area contributed by atoms with Gasteiger partial charge in [0.15, 0.2) is 5.82 Å². The molecule has 0 amide bonds. The van der Waals surface area contributed by atoms with Crippen LogP contribution >= 0.6 is 0 Å². The van der Waals surface area contributed by atoms with Gasteiger partial charge in [0.2, 0.25) is 0 Å². The molecule has 1 aromatic heterocycles. The summed E-state index contributed by atoms with van der Waals surface area (Å²) in [6, 6.07) is 3.49. The number of nitrogens with zero attached hydrogens (tertiary/aromatic N) is 3. The maximum atomic E-state index is 13.2. The molecule has 18 heavy (non-hydrogen) atoms. The van der Waals surface area contributed by atoms with E-state index in [4.69, 9.17) is 0 Å². The van der Waals surface area contributed by atoms with Crippen LogP contribution < -0.4 is 5.32 Å². The van der Waals surface area contributed by atoms with E-state index in [9.17, 15) is 8.78 Å². The average Bonchev–Trinajstić information content (AvgIpc) is 2.73. The quantitative estimate of drug-likeness (QED) is 0.840. The minimum Gasteiger partial charge on any atom is -0.308 e. The second-order valence-corrected chi connectivity index (χ2v) is 4.37. The molecule has 1 unspecified atom stereocenters. The van der Waals surface area contributed by atoms with Crippen molar-refractivity contribution in [3.05, 3.63) is 35.7 Å². The highest BCUT2D eigenvalue weighted by Crippen LogP contribution is 2.24. The molecule has 0 fully saturated rings. The largest absolute Gasteiger partial charge is 0.308 e. The zero-order chi connectivity index (χ0) is 12.7. The summed E-state index contributed by atoms with van der Waals surface area (Å²) >= 11 is 0. The molecule has 4 nitrogen and oxygen atoms in total. The molecule has 0 spiro atoms. The normalized spacial score (nSPS) is 18.7. The maximum absolute atomic E-state index is 13.2. The van der Waals surface area contributed by atoms with Gasteiger partial charge in [0.25, 0.3) is 0 Å². The fraction of sp³-hybridized carbons (Fsp3) is 0.333. The van der Waals surface area contributed by atoms with Crippen molar-refractivity contribution in [2.24, 2.45) is 0 Å². The minimum atomic E-state index is -0.607. The molecule has 3 rings (SSSR count). The molecule has 0 saturated heterocycles. The van der Waals surface area contributed by atoms with Gasteiger partial charge in [-0.1, -0.05) is 0 Å². The van der Waals surface area contributed by atoms with Crippen molar-refractivity contribution in [1.29, 1.82) is 0 Å². The minimum absolute atomic E-state index is 0.0957. The lowest BCUT2D eigenvalue weighted by Gasteiger charge is -2.21. The SMILES string of the molecule is CC1NCCn2c(-c3cc(F)cc(F)c3)nnc21. The third kappa shape index (κ3) is 1.78. The van der Waals surface area contributed by atoms with Crippen molar-refractivity contribution in [3.8, 4) is 11.4 Å². The standard InChI is InChI=1S/C12H12F2N4/c1-7-11-16-17-12(18(11)3-2-15-7)8-4-9(13)6-10(14)5-8/h4-7,15H,2-3H2,1H3. The van der Waals surface area contributed by atoms with Gasteiger partial charge in [-0.3, -0.25) is 0 Å². The predicted octanol–water partition coefficient (Wildman–Crippen LogP) is 1.89. The van der Waals surface area contributed by atoms with Gasteiger partial charge in [0.1, 0.15) is 17.5 Å². The highest BCUT2D eigenvalue weighted by molar-refractivity contribution is 5.55. The van der Waals surface area contributed by atoms with Gasteiger partial charge in [-0.2, -0.15) is 0 Å². The Bertz CT molecular complexity index is 574. The van der Waals surface area contributed by atoms with Crippen LogP contribution in [0, 0.1) is 11.6 Å². The summed E-state index contributed by atoms with van der Waals surface area (Å²) in [7, 11) is 0. The van der Waals surface area contributed by atoms with Crippen LogP contribution in [0.1, 0.15) is 18.8 Å². The second kappa shape index (κ2) is 4.13. The molecule has 6 heteroatoms. The fourth-order valence-electron chi connectivity index (χ4n) is 2.24. The van der Waals surface area contributed by atoms with Crippen LogP contribution in [-0.4, -0.2) is 21.3 Å². The molecule has 1 atom stereocenters. The van der Waals surface area contributed by atoms with Crippen molar-refractivity contribution < 1.29 is 8.78 Å². The first kappa shape index (κ1) is 11.3. The van der Waals surface area contributed by atoms with Gasteiger partial charge in [-0.05, 0) is 19.1 Å². The van der Waals surface area contributed by atoms with Gasteiger partial charge in [0.05, 0.1) is 6.04 Å². The Hall–Kier alpha value is -1.82. The van der Waals surface area contributed by atoms with Crippen LogP contribution in [0.4, 0.5) is 8.78 Å². The summed E-state index contributed by atoms with van der Waals surface area (Å²) < 4.78 is 28.3. The Morgan fingerprint density at radius 3 is 2.67 bits per heavy atom. The second-order valence-electron chi connectivity index (χ2n) is 4.37. The topological polar surface area (TPSA) is 42.7 Å². The van der Waals surface area contributed by atoms with Gasteiger partial charge in [0, 0.05) is 24.7 Å². The van der Waals surface area contributed by atoms with E-state index in [1.807, 2.05) is 11.5 Å². The van der Waals surface area contributed by atoms with Crippen LogP contribution in [-0.2, 0) is 6.54 Å². The van der Waals surface area contributed by atoms with Gasteiger partial charge in [-0.25, -0.2) is 8.78 Å². The van der Waals surface area contributed by atoms with Gasteiger partial charge < -0.3 is 9.88 Å². The first-order valence-electron chi connectivity index (χ1n) is 5.78. The Labute approximate surface area is 103 Å². The Balaban J connectivity index is 2.12. The number of benzene rings is 1. The van der Waals surface area contributed by atoms with E-state index in [1.165, 1.54) is 12.1 Å². The zero-order valence-corrected chi connectivity index (χ0v) is 9.82. The summed E-state index contributed by atoms with van der Waals surface area (Å²) in [4.78, 5) is 0. The maximum Gasteiger partial charge on any atom is 0.164 e. The Morgan fingerprint density at radius 2 is 1.94 bits per heavy atom. The fourth-order valence-corrected chi connectivity index (χ4v) is 2.24. The lowest BCUT2D eigenvalue weighted by molar-refractivity contribution is 0.439. The lowest BCUT2D eigenvalue weighted by Crippen LogP contribution is -2.32. The molecule has 1 N–H and O–H groups in total. The number of nitrogens with one attached hydrogen (secondary N) is 1. The van der Waals surface area contributed by atoms with E-state index < -0.39 is 11.6 Å².